The van der Waals surface area contributed by atoms with Gasteiger partial charge in [-0.25, -0.2) is 9.59 Å². The molecule has 3 aromatic rings. The topological polar surface area (TPSA) is 104 Å². The van der Waals surface area contributed by atoms with Gasteiger partial charge in [0.05, 0.1) is 22.3 Å². The van der Waals surface area contributed by atoms with E-state index in [2.05, 4.69) is 31.9 Å². The van der Waals surface area contributed by atoms with Gasteiger partial charge in [0.2, 0.25) is 0 Å². The number of carboxylic acids is 1. The number of esters is 1. The number of benzene rings is 3. The maximum Gasteiger partial charge on any atom is 0.341 e. The third-order valence-corrected chi connectivity index (χ3v) is 8.31. The number of cyclic esters (lactones) is 1. The van der Waals surface area contributed by atoms with Crippen molar-refractivity contribution in [2.75, 3.05) is 0 Å². The molecule has 8 heteroatoms. The van der Waals surface area contributed by atoms with Gasteiger partial charge in [-0.3, -0.25) is 0 Å². The average Bonchev–Trinajstić information content (AvgIpc) is 3.03. The molecular weight excluding hydrogens is 556 g/mol. The summed E-state index contributed by atoms with van der Waals surface area (Å²) in [6, 6.07) is 7.51. The number of halogens is 2. The highest BCUT2D eigenvalue weighted by atomic mass is 79.9. The summed E-state index contributed by atoms with van der Waals surface area (Å²) in [5.74, 6) is -2.49. The first-order chi connectivity index (χ1) is 15.4. The minimum Gasteiger partial charge on any atom is -0.507 e. The fraction of sp³-hybridized carbons (Fsp3) is 0.200. The third kappa shape index (κ3) is 3.19. The molecule has 0 unspecified atom stereocenters. The van der Waals surface area contributed by atoms with E-state index in [0.29, 0.717) is 8.95 Å². The van der Waals surface area contributed by atoms with Crippen LogP contribution in [0, 0.1) is 27.7 Å². The highest BCUT2D eigenvalue weighted by Crippen LogP contribution is 2.57. The number of hydrogen-bond acceptors (Lipinski definition) is 5. The van der Waals surface area contributed by atoms with Crippen molar-refractivity contribution in [2.24, 2.45) is 0 Å². The van der Waals surface area contributed by atoms with E-state index in [-0.39, 0.29) is 39.3 Å². The van der Waals surface area contributed by atoms with Crippen LogP contribution in [0.4, 0.5) is 0 Å². The van der Waals surface area contributed by atoms with E-state index >= 15 is 0 Å². The molecule has 0 fully saturated rings. The highest BCUT2D eigenvalue weighted by Gasteiger charge is 2.55. The number of hydrogen-bond donors (Lipinski definition) is 3. The van der Waals surface area contributed by atoms with Crippen LogP contribution < -0.4 is 0 Å². The molecule has 0 aliphatic carbocycles. The normalized spacial score (nSPS) is 14.2. The van der Waals surface area contributed by atoms with Gasteiger partial charge in [-0.05, 0) is 100 Å². The predicted molar refractivity (Wildman–Crippen MR) is 129 cm³/mol. The fourth-order valence-corrected chi connectivity index (χ4v) is 5.96. The lowest BCUT2D eigenvalue weighted by Crippen LogP contribution is -2.31. The van der Waals surface area contributed by atoms with E-state index in [1.807, 2.05) is 27.7 Å². The first-order valence-corrected chi connectivity index (χ1v) is 11.6. The zero-order valence-electron chi connectivity index (χ0n) is 18.2. The summed E-state index contributed by atoms with van der Waals surface area (Å²) in [5.41, 5.74) is 1.61. The average molecular weight is 576 g/mol. The van der Waals surface area contributed by atoms with Crippen LogP contribution in [0.1, 0.15) is 59.7 Å². The Kier molecular flexibility index (Phi) is 5.57. The first-order valence-electron chi connectivity index (χ1n) is 10.0. The summed E-state index contributed by atoms with van der Waals surface area (Å²) < 4.78 is 6.97. The molecule has 170 valence electrons. The van der Waals surface area contributed by atoms with Crippen LogP contribution in [0.25, 0.3) is 0 Å². The van der Waals surface area contributed by atoms with Gasteiger partial charge >= 0.3 is 11.9 Å². The minimum absolute atomic E-state index is 0.126. The SMILES string of the molecule is Cc1cc(O)c(C2(c3c(O)cc(C)c(C)c3Br)OC(=O)c3c(C(=O)O)cccc32)c(Br)c1C. The lowest BCUT2D eigenvalue weighted by Gasteiger charge is -2.34. The summed E-state index contributed by atoms with van der Waals surface area (Å²) in [4.78, 5) is 25.2. The van der Waals surface area contributed by atoms with Gasteiger partial charge in [-0.2, -0.15) is 0 Å². The molecule has 1 aliphatic heterocycles. The number of rotatable bonds is 3. The number of carbonyl (C=O) groups excluding carboxylic acids is 1. The van der Waals surface area contributed by atoms with Gasteiger partial charge < -0.3 is 20.1 Å². The predicted octanol–water partition coefficient (Wildman–Crippen LogP) is 6.02. The molecule has 1 aliphatic rings. The quantitative estimate of drug-likeness (QED) is 0.330. The van der Waals surface area contributed by atoms with Gasteiger partial charge in [0.1, 0.15) is 11.5 Å². The Hall–Kier alpha value is -2.84. The zero-order chi connectivity index (χ0) is 24.4. The summed E-state index contributed by atoms with van der Waals surface area (Å²) in [5, 5.41) is 32.0. The second-order valence-electron chi connectivity index (χ2n) is 8.16. The Balaban J connectivity index is 2.28. The van der Waals surface area contributed by atoms with E-state index < -0.39 is 17.5 Å². The van der Waals surface area contributed by atoms with Gasteiger partial charge in [-0.1, -0.05) is 12.1 Å². The number of fused-ring (bicyclic) bond motifs is 1. The number of aromatic hydroxyl groups is 2. The van der Waals surface area contributed by atoms with Crippen molar-refractivity contribution in [1.29, 1.82) is 0 Å². The summed E-state index contributed by atoms with van der Waals surface area (Å²) >= 11 is 7.12. The maximum atomic E-state index is 13.2. The Bertz CT molecular complexity index is 1310. The largest absolute Gasteiger partial charge is 0.507 e. The molecule has 0 spiro atoms. The van der Waals surface area contributed by atoms with Gasteiger partial charge in [0.15, 0.2) is 5.60 Å². The standard InChI is InChI=1S/C25H20Br2O6/c1-10-8-16(28)19(21(26)12(10)3)25(20-17(29)9-11(2)13(4)22(20)27)15-7-5-6-14(23(30)31)18(15)24(32)33-25/h5-9,28-29H,1-4H3,(H,30,31). The number of ether oxygens (including phenoxy) is 1. The molecule has 33 heavy (non-hydrogen) atoms. The number of phenolic OH excluding ortho intramolecular Hbond substituents is 2. The van der Waals surface area contributed by atoms with E-state index in [9.17, 15) is 24.9 Å². The minimum atomic E-state index is -1.82. The van der Waals surface area contributed by atoms with Crippen LogP contribution in [-0.4, -0.2) is 27.3 Å². The molecule has 0 atom stereocenters. The van der Waals surface area contributed by atoms with Gasteiger partial charge in [0.25, 0.3) is 0 Å². The second kappa shape index (κ2) is 7.88. The van der Waals surface area contributed by atoms with Crippen molar-refractivity contribution < 1.29 is 29.6 Å². The van der Waals surface area contributed by atoms with Crippen molar-refractivity contribution in [1.82, 2.24) is 0 Å². The van der Waals surface area contributed by atoms with Gasteiger partial charge in [-0.15, -0.1) is 0 Å². The number of carboxylic acid groups (broad SMARTS) is 1. The monoisotopic (exact) mass is 574 g/mol. The van der Waals surface area contributed by atoms with Crippen LogP contribution >= 0.6 is 31.9 Å². The number of aromatic carboxylic acids is 1. The second-order valence-corrected chi connectivity index (χ2v) is 9.74. The number of aryl methyl sites for hydroxylation is 2. The Labute approximate surface area is 207 Å². The summed E-state index contributed by atoms with van der Waals surface area (Å²) in [6.45, 7) is 7.35. The summed E-state index contributed by atoms with van der Waals surface area (Å²) in [6.07, 6.45) is 0. The number of phenols is 2. The zero-order valence-corrected chi connectivity index (χ0v) is 21.4. The Morgan fingerprint density at radius 3 is 1.85 bits per heavy atom. The first kappa shape index (κ1) is 23.3. The number of carbonyl (C=O) groups is 2. The van der Waals surface area contributed by atoms with Crippen LogP contribution in [-0.2, 0) is 10.3 Å². The van der Waals surface area contributed by atoms with Crippen molar-refractivity contribution in [3.8, 4) is 11.5 Å². The molecule has 3 N–H and O–H groups in total. The smallest absolute Gasteiger partial charge is 0.341 e. The Morgan fingerprint density at radius 1 is 0.909 bits per heavy atom. The van der Waals surface area contributed by atoms with E-state index in [1.54, 1.807) is 18.2 Å². The highest BCUT2D eigenvalue weighted by molar-refractivity contribution is 9.11. The van der Waals surface area contributed by atoms with Crippen molar-refractivity contribution in [3.05, 3.63) is 89.3 Å². The summed E-state index contributed by atoms with van der Waals surface area (Å²) in [7, 11) is 0. The lowest BCUT2D eigenvalue weighted by molar-refractivity contribution is 0.0232. The molecule has 3 aromatic carbocycles. The lowest BCUT2D eigenvalue weighted by atomic mass is 9.76. The molecule has 1 heterocycles. The van der Waals surface area contributed by atoms with Gasteiger partial charge in [0, 0.05) is 14.5 Å². The van der Waals surface area contributed by atoms with Crippen LogP contribution in [0.5, 0.6) is 11.5 Å². The van der Waals surface area contributed by atoms with E-state index in [4.69, 9.17) is 4.74 Å². The Morgan fingerprint density at radius 2 is 1.39 bits per heavy atom. The molecule has 0 bridgehead atoms. The molecule has 0 aromatic heterocycles. The van der Waals surface area contributed by atoms with Crippen LogP contribution in [0.2, 0.25) is 0 Å². The van der Waals surface area contributed by atoms with Crippen molar-refractivity contribution >= 4 is 43.8 Å². The van der Waals surface area contributed by atoms with Crippen molar-refractivity contribution in [2.45, 2.75) is 33.3 Å². The molecule has 0 amide bonds. The van der Waals surface area contributed by atoms with E-state index in [1.165, 1.54) is 12.1 Å². The van der Waals surface area contributed by atoms with E-state index in [0.717, 1.165) is 22.3 Å². The fourth-order valence-electron chi connectivity index (χ4n) is 4.37. The maximum absolute atomic E-state index is 13.2. The molecule has 0 saturated carbocycles. The molecule has 6 nitrogen and oxygen atoms in total. The molecule has 0 radical (unpaired) electrons. The van der Waals surface area contributed by atoms with Crippen LogP contribution in [0.15, 0.2) is 39.3 Å². The third-order valence-electron chi connectivity index (χ3n) is 6.33. The van der Waals surface area contributed by atoms with Crippen molar-refractivity contribution in [3.63, 3.8) is 0 Å². The molecule has 0 saturated heterocycles. The molecular formula is C25H20Br2O6. The van der Waals surface area contributed by atoms with Crippen LogP contribution in [0.3, 0.4) is 0 Å². The molecule has 4 rings (SSSR count).